The summed E-state index contributed by atoms with van der Waals surface area (Å²) in [5.41, 5.74) is 0. The summed E-state index contributed by atoms with van der Waals surface area (Å²) in [5.74, 6) is 0.972. The minimum atomic E-state index is 0.536. The van der Waals surface area contributed by atoms with E-state index in [-0.39, 0.29) is 0 Å². The van der Waals surface area contributed by atoms with Crippen LogP contribution in [0.1, 0.15) is 12.8 Å². The molecule has 2 saturated heterocycles. The van der Waals surface area contributed by atoms with Gasteiger partial charge in [-0.05, 0) is 12.8 Å². The number of thiol groups is 1. The molecular weight excluding hydrogens is 158 g/mol. The summed E-state index contributed by atoms with van der Waals surface area (Å²) in [6, 6.07) is 0. The van der Waals surface area contributed by atoms with Gasteiger partial charge in [0.05, 0.1) is 12.2 Å². The lowest BCUT2D eigenvalue weighted by Crippen LogP contribution is -2.43. The molecule has 2 bridgehead atoms. The lowest BCUT2D eigenvalue weighted by molar-refractivity contribution is -0.0360. The highest BCUT2D eigenvalue weighted by Gasteiger charge is 2.32. The van der Waals surface area contributed by atoms with Crippen LogP contribution in [0.5, 0.6) is 0 Å². The smallest absolute Gasteiger partial charge is 0.0707 e. The molecule has 0 N–H and O–H groups in total. The predicted octanol–water partition coefficient (Wildman–Crippen LogP) is 0.779. The normalized spacial score (nSPS) is 37.9. The molecule has 2 fully saturated rings. The lowest BCUT2D eigenvalue weighted by Gasteiger charge is -2.31. The van der Waals surface area contributed by atoms with Crippen LogP contribution in [0.25, 0.3) is 0 Å². The first-order chi connectivity index (χ1) is 5.38. The third-order valence-electron chi connectivity index (χ3n) is 2.54. The zero-order valence-electron chi connectivity index (χ0n) is 6.70. The number of morpholine rings is 1. The van der Waals surface area contributed by atoms with Gasteiger partial charge in [0.2, 0.25) is 0 Å². The molecule has 2 unspecified atom stereocenters. The summed E-state index contributed by atoms with van der Waals surface area (Å²) in [4.78, 5) is 2.47. The van der Waals surface area contributed by atoms with Crippen molar-refractivity contribution in [1.29, 1.82) is 0 Å². The van der Waals surface area contributed by atoms with Crippen molar-refractivity contribution in [2.24, 2.45) is 0 Å². The van der Waals surface area contributed by atoms with E-state index in [9.17, 15) is 0 Å². The van der Waals surface area contributed by atoms with Crippen LogP contribution in [0.15, 0.2) is 0 Å². The number of nitrogens with zero attached hydrogens (tertiary/aromatic N) is 1. The lowest BCUT2D eigenvalue weighted by atomic mass is 10.2. The molecule has 2 rings (SSSR count). The van der Waals surface area contributed by atoms with Crippen molar-refractivity contribution in [3.63, 3.8) is 0 Å². The van der Waals surface area contributed by atoms with E-state index in [4.69, 9.17) is 4.74 Å². The van der Waals surface area contributed by atoms with Gasteiger partial charge < -0.3 is 4.74 Å². The van der Waals surface area contributed by atoms with Crippen molar-refractivity contribution in [3.05, 3.63) is 0 Å². The van der Waals surface area contributed by atoms with E-state index in [0.29, 0.717) is 12.2 Å². The largest absolute Gasteiger partial charge is 0.372 e. The van der Waals surface area contributed by atoms with Gasteiger partial charge in [0, 0.05) is 25.4 Å². The maximum Gasteiger partial charge on any atom is 0.0707 e. The first-order valence-electron chi connectivity index (χ1n) is 4.37. The van der Waals surface area contributed by atoms with Gasteiger partial charge in [-0.25, -0.2) is 0 Å². The molecule has 0 aromatic heterocycles. The Balaban J connectivity index is 1.87. The predicted molar refractivity (Wildman–Crippen MR) is 48.2 cm³/mol. The van der Waals surface area contributed by atoms with E-state index in [1.54, 1.807) is 0 Å². The first kappa shape index (κ1) is 7.90. The van der Waals surface area contributed by atoms with E-state index >= 15 is 0 Å². The molecular formula is C8H15NOS. The number of ether oxygens (including phenoxy) is 1. The summed E-state index contributed by atoms with van der Waals surface area (Å²) in [6.45, 7) is 3.40. The van der Waals surface area contributed by atoms with Gasteiger partial charge in [0.15, 0.2) is 0 Å². The van der Waals surface area contributed by atoms with E-state index in [1.165, 1.54) is 12.8 Å². The Kier molecular flexibility index (Phi) is 2.39. The molecule has 3 heteroatoms. The summed E-state index contributed by atoms with van der Waals surface area (Å²) in [6.07, 6.45) is 3.61. The van der Waals surface area contributed by atoms with Crippen molar-refractivity contribution in [2.75, 3.05) is 25.4 Å². The number of hydrogen-bond acceptors (Lipinski definition) is 3. The Bertz CT molecular complexity index is 130. The highest BCUT2D eigenvalue weighted by atomic mass is 32.1. The highest BCUT2D eigenvalue weighted by molar-refractivity contribution is 7.80. The fourth-order valence-corrected chi connectivity index (χ4v) is 2.31. The van der Waals surface area contributed by atoms with E-state index in [1.807, 2.05) is 0 Å². The van der Waals surface area contributed by atoms with Crippen LogP contribution in [-0.2, 0) is 4.74 Å². The average molecular weight is 173 g/mol. The maximum atomic E-state index is 5.71. The van der Waals surface area contributed by atoms with Gasteiger partial charge in [0.1, 0.15) is 0 Å². The molecule has 2 atom stereocenters. The van der Waals surface area contributed by atoms with E-state index in [0.717, 1.165) is 25.4 Å². The molecule has 11 heavy (non-hydrogen) atoms. The van der Waals surface area contributed by atoms with Crippen LogP contribution in [0.2, 0.25) is 0 Å². The third-order valence-corrected chi connectivity index (χ3v) is 2.74. The SMILES string of the molecule is SCCN1CC2CCC(C1)O2. The second kappa shape index (κ2) is 3.33. The Hall–Kier alpha value is 0.270. The highest BCUT2D eigenvalue weighted by Crippen LogP contribution is 2.25. The number of fused-ring (bicyclic) bond motifs is 2. The summed E-state index contributed by atoms with van der Waals surface area (Å²) >= 11 is 4.23. The minimum absolute atomic E-state index is 0.536. The molecule has 0 amide bonds. The van der Waals surface area contributed by atoms with Gasteiger partial charge in [-0.1, -0.05) is 0 Å². The van der Waals surface area contributed by atoms with Crippen LogP contribution in [0.4, 0.5) is 0 Å². The zero-order valence-corrected chi connectivity index (χ0v) is 7.59. The van der Waals surface area contributed by atoms with Crippen molar-refractivity contribution in [2.45, 2.75) is 25.0 Å². The zero-order chi connectivity index (χ0) is 7.68. The van der Waals surface area contributed by atoms with Crippen LogP contribution in [0, 0.1) is 0 Å². The van der Waals surface area contributed by atoms with Crippen molar-refractivity contribution < 1.29 is 4.74 Å². The first-order valence-corrected chi connectivity index (χ1v) is 5.00. The van der Waals surface area contributed by atoms with Crippen LogP contribution in [-0.4, -0.2) is 42.5 Å². The topological polar surface area (TPSA) is 12.5 Å². The molecule has 0 radical (unpaired) electrons. The molecule has 0 aromatic rings. The summed E-state index contributed by atoms with van der Waals surface area (Å²) in [7, 11) is 0. The average Bonchev–Trinajstić information content (AvgIpc) is 2.32. The molecule has 2 aliphatic rings. The summed E-state index contributed by atoms with van der Waals surface area (Å²) in [5, 5.41) is 0. The van der Waals surface area contributed by atoms with Gasteiger partial charge in [-0.2, -0.15) is 12.6 Å². The van der Waals surface area contributed by atoms with Crippen molar-refractivity contribution >= 4 is 12.6 Å². The summed E-state index contributed by atoms with van der Waals surface area (Å²) < 4.78 is 5.71. The monoisotopic (exact) mass is 173 g/mol. The Morgan fingerprint density at radius 2 is 1.91 bits per heavy atom. The second-order valence-corrected chi connectivity index (χ2v) is 3.89. The van der Waals surface area contributed by atoms with Crippen molar-refractivity contribution in [3.8, 4) is 0 Å². The molecule has 2 aliphatic heterocycles. The minimum Gasteiger partial charge on any atom is -0.372 e. The molecule has 2 heterocycles. The second-order valence-electron chi connectivity index (χ2n) is 3.44. The van der Waals surface area contributed by atoms with Gasteiger partial charge in [-0.3, -0.25) is 4.90 Å². The Morgan fingerprint density at radius 1 is 1.27 bits per heavy atom. The quantitative estimate of drug-likeness (QED) is 0.620. The molecule has 2 nitrogen and oxygen atoms in total. The molecule has 0 saturated carbocycles. The van der Waals surface area contributed by atoms with E-state index < -0.39 is 0 Å². The molecule has 0 aromatic carbocycles. The van der Waals surface area contributed by atoms with E-state index in [2.05, 4.69) is 17.5 Å². The Morgan fingerprint density at radius 3 is 2.45 bits per heavy atom. The van der Waals surface area contributed by atoms with Crippen LogP contribution in [0.3, 0.4) is 0 Å². The fourth-order valence-electron chi connectivity index (χ4n) is 2.02. The third kappa shape index (κ3) is 1.71. The van der Waals surface area contributed by atoms with Crippen molar-refractivity contribution in [1.82, 2.24) is 4.90 Å². The van der Waals surface area contributed by atoms with Gasteiger partial charge in [0.25, 0.3) is 0 Å². The van der Waals surface area contributed by atoms with Crippen LogP contribution >= 0.6 is 12.6 Å². The number of hydrogen-bond donors (Lipinski definition) is 1. The molecule has 0 spiro atoms. The fraction of sp³-hybridized carbons (Fsp3) is 1.00. The molecule has 0 aliphatic carbocycles. The van der Waals surface area contributed by atoms with Crippen LogP contribution < -0.4 is 0 Å². The van der Waals surface area contributed by atoms with Gasteiger partial charge in [-0.15, -0.1) is 0 Å². The Labute approximate surface area is 73.3 Å². The molecule has 64 valence electrons. The standard InChI is InChI=1S/C8H15NOS/c11-4-3-9-5-7-1-2-8(6-9)10-7/h7-8,11H,1-6H2. The maximum absolute atomic E-state index is 5.71. The number of likely N-dealkylation sites (tertiary alicyclic amines) is 1. The number of rotatable bonds is 2. The van der Waals surface area contributed by atoms with Gasteiger partial charge >= 0.3 is 0 Å².